The van der Waals surface area contributed by atoms with E-state index in [1.165, 1.54) is 12.8 Å². The number of benzene rings is 3. The van der Waals surface area contributed by atoms with Gasteiger partial charge in [0.05, 0.1) is 30.7 Å². The van der Waals surface area contributed by atoms with Crippen molar-refractivity contribution in [3.63, 3.8) is 0 Å². The van der Waals surface area contributed by atoms with Gasteiger partial charge in [0.2, 0.25) is 5.76 Å². The van der Waals surface area contributed by atoms with Crippen LogP contribution in [-0.2, 0) is 0 Å². The summed E-state index contributed by atoms with van der Waals surface area (Å²) in [5, 5.41) is 0.471. The van der Waals surface area contributed by atoms with Crippen LogP contribution in [0.3, 0.4) is 0 Å². The molecule has 0 fully saturated rings. The van der Waals surface area contributed by atoms with Gasteiger partial charge in [-0.05, 0) is 73.4 Å². The van der Waals surface area contributed by atoms with Crippen LogP contribution in [0.1, 0.15) is 71.5 Å². The number of hydrogen-bond acceptors (Lipinski definition) is 5. The molecule has 0 saturated carbocycles. The van der Waals surface area contributed by atoms with E-state index in [1.807, 2.05) is 74.5 Å². The molecule has 0 aliphatic carbocycles. The van der Waals surface area contributed by atoms with Gasteiger partial charge >= 0.3 is 0 Å². The second-order valence-electron chi connectivity index (χ2n) is 9.84. The monoisotopic (exact) mass is 511 g/mol. The number of methoxy groups -OCH3 is 1. The van der Waals surface area contributed by atoms with Crippen LogP contribution in [0.15, 0.2) is 69.9 Å². The molecule has 0 saturated heterocycles. The maximum absolute atomic E-state index is 13.9. The first kappa shape index (κ1) is 25.6. The van der Waals surface area contributed by atoms with E-state index in [0.717, 1.165) is 29.5 Å². The van der Waals surface area contributed by atoms with Gasteiger partial charge in [0.25, 0.3) is 5.91 Å². The molecule has 1 aliphatic heterocycles. The highest BCUT2D eigenvalue weighted by Crippen LogP contribution is 2.43. The minimum Gasteiger partial charge on any atom is -0.493 e. The van der Waals surface area contributed by atoms with Crippen LogP contribution in [0.4, 0.5) is 5.69 Å². The summed E-state index contributed by atoms with van der Waals surface area (Å²) in [6.07, 6.45) is 4.44. The van der Waals surface area contributed by atoms with Crippen molar-refractivity contribution in [3.8, 4) is 11.5 Å². The molecule has 1 aromatic heterocycles. The zero-order valence-electron chi connectivity index (χ0n) is 22.4. The number of carbonyl (C=O) groups is 1. The molecule has 38 heavy (non-hydrogen) atoms. The molecule has 2 heterocycles. The molecule has 1 aliphatic rings. The number of amides is 1. The summed E-state index contributed by atoms with van der Waals surface area (Å²) >= 11 is 0. The second kappa shape index (κ2) is 10.7. The lowest BCUT2D eigenvalue weighted by Crippen LogP contribution is -2.29. The average molecular weight is 512 g/mol. The Morgan fingerprint density at radius 2 is 1.66 bits per heavy atom. The van der Waals surface area contributed by atoms with E-state index in [2.05, 4.69) is 6.92 Å². The van der Waals surface area contributed by atoms with Crippen LogP contribution in [0.25, 0.3) is 11.0 Å². The van der Waals surface area contributed by atoms with Gasteiger partial charge in [-0.2, -0.15) is 0 Å². The molecule has 4 aromatic rings. The van der Waals surface area contributed by atoms with E-state index < -0.39 is 6.04 Å². The van der Waals surface area contributed by atoms with Gasteiger partial charge in [-0.1, -0.05) is 50.5 Å². The van der Waals surface area contributed by atoms with Crippen molar-refractivity contribution in [1.29, 1.82) is 0 Å². The molecular weight excluding hydrogens is 478 g/mol. The number of fused-ring (bicyclic) bond motifs is 2. The lowest BCUT2D eigenvalue weighted by Gasteiger charge is -2.26. The minimum absolute atomic E-state index is 0.0785. The van der Waals surface area contributed by atoms with Crippen LogP contribution >= 0.6 is 0 Å². The lowest BCUT2D eigenvalue weighted by molar-refractivity contribution is 0.0971. The van der Waals surface area contributed by atoms with Crippen LogP contribution in [0, 0.1) is 13.8 Å². The average Bonchev–Trinajstić information content (AvgIpc) is 3.22. The zero-order valence-corrected chi connectivity index (χ0v) is 22.4. The van der Waals surface area contributed by atoms with Crippen molar-refractivity contribution < 1.29 is 18.7 Å². The molecule has 0 radical (unpaired) electrons. The molecule has 5 rings (SSSR count). The number of para-hydroxylation sites is 1. The predicted octanol–water partition coefficient (Wildman–Crippen LogP) is 7.13. The van der Waals surface area contributed by atoms with Crippen molar-refractivity contribution in [2.75, 3.05) is 18.6 Å². The molecular formula is C32H33NO5. The third-order valence-electron chi connectivity index (χ3n) is 7.28. The SMILES string of the molecule is CCCCCCOc1ccc(C2c3c(oc4cc(C)c(C)cc4c3=O)C(=O)N2c2ccccc2)cc1OC. The second-order valence-corrected chi connectivity index (χ2v) is 9.84. The van der Waals surface area contributed by atoms with Crippen molar-refractivity contribution >= 4 is 22.6 Å². The molecule has 6 heteroatoms. The lowest BCUT2D eigenvalue weighted by atomic mass is 9.97. The van der Waals surface area contributed by atoms with Crippen molar-refractivity contribution in [2.45, 2.75) is 52.5 Å². The van der Waals surface area contributed by atoms with Gasteiger partial charge in [0.15, 0.2) is 16.9 Å². The quantitative estimate of drug-likeness (QED) is 0.224. The maximum atomic E-state index is 13.9. The number of hydrogen-bond donors (Lipinski definition) is 0. The minimum atomic E-state index is -0.672. The summed E-state index contributed by atoms with van der Waals surface area (Å²) in [6, 6.07) is 18.0. The third kappa shape index (κ3) is 4.55. The Bertz CT molecular complexity index is 1540. The van der Waals surface area contributed by atoms with Crippen molar-refractivity contribution in [1.82, 2.24) is 0 Å². The molecule has 0 spiro atoms. The number of aryl methyl sites for hydroxylation is 2. The molecule has 0 bridgehead atoms. The topological polar surface area (TPSA) is 69.0 Å². The number of anilines is 1. The molecule has 1 unspecified atom stereocenters. The third-order valence-corrected chi connectivity index (χ3v) is 7.28. The molecule has 196 valence electrons. The van der Waals surface area contributed by atoms with E-state index >= 15 is 0 Å². The van der Waals surface area contributed by atoms with Gasteiger partial charge in [-0.15, -0.1) is 0 Å². The fourth-order valence-electron chi connectivity index (χ4n) is 5.08. The Morgan fingerprint density at radius 3 is 2.39 bits per heavy atom. The molecule has 0 N–H and O–H groups in total. The predicted molar refractivity (Wildman–Crippen MR) is 150 cm³/mol. The Balaban J connectivity index is 1.63. The maximum Gasteiger partial charge on any atom is 0.295 e. The van der Waals surface area contributed by atoms with Gasteiger partial charge in [-0.25, -0.2) is 0 Å². The first-order chi connectivity index (χ1) is 18.4. The molecule has 6 nitrogen and oxygen atoms in total. The van der Waals surface area contributed by atoms with Crippen molar-refractivity contribution in [3.05, 3.63) is 98.9 Å². The Labute approximate surface area is 222 Å². The largest absolute Gasteiger partial charge is 0.493 e. The van der Waals surface area contributed by atoms with Gasteiger partial charge < -0.3 is 13.9 Å². The van der Waals surface area contributed by atoms with E-state index in [-0.39, 0.29) is 17.1 Å². The normalized spacial score (nSPS) is 14.7. The summed E-state index contributed by atoms with van der Waals surface area (Å²) in [7, 11) is 1.60. The molecule has 1 atom stereocenters. The van der Waals surface area contributed by atoms with Gasteiger partial charge in [-0.3, -0.25) is 14.5 Å². The molecule has 1 amide bonds. The number of unbranched alkanes of at least 4 members (excludes halogenated alkanes) is 3. The first-order valence-electron chi connectivity index (χ1n) is 13.2. The van der Waals surface area contributed by atoms with Crippen molar-refractivity contribution in [2.24, 2.45) is 0 Å². The molecule has 3 aromatic carbocycles. The van der Waals surface area contributed by atoms with Crippen LogP contribution < -0.4 is 19.8 Å². The Kier molecular flexibility index (Phi) is 7.23. The summed E-state index contributed by atoms with van der Waals surface area (Å²) in [4.78, 5) is 29.4. The van der Waals surface area contributed by atoms with E-state index in [4.69, 9.17) is 13.9 Å². The Hall–Kier alpha value is -4.06. The summed E-state index contributed by atoms with van der Waals surface area (Å²) in [5.41, 5.74) is 3.97. The first-order valence-corrected chi connectivity index (χ1v) is 13.2. The fourth-order valence-corrected chi connectivity index (χ4v) is 5.08. The smallest absolute Gasteiger partial charge is 0.295 e. The zero-order chi connectivity index (χ0) is 26.8. The standard InChI is InChI=1S/C32H33NO5/c1-5-6-7-11-16-37-25-15-14-22(19-27(25)36-4)29-28-30(34)24-17-20(2)21(3)18-26(24)38-31(28)32(35)33(29)23-12-9-8-10-13-23/h8-10,12-15,17-19,29H,5-7,11,16H2,1-4H3. The van der Waals surface area contributed by atoms with Crippen LogP contribution in [0.5, 0.6) is 11.5 Å². The van der Waals surface area contributed by atoms with Crippen LogP contribution in [0.2, 0.25) is 0 Å². The van der Waals surface area contributed by atoms with Gasteiger partial charge in [0.1, 0.15) is 5.58 Å². The highest BCUT2D eigenvalue weighted by Gasteiger charge is 2.44. The fraction of sp³-hybridized carbons (Fsp3) is 0.312. The summed E-state index contributed by atoms with van der Waals surface area (Å²) in [5.74, 6) is 0.933. The van der Waals surface area contributed by atoms with Gasteiger partial charge in [0, 0.05) is 5.69 Å². The van der Waals surface area contributed by atoms with E-state index in [9.17, 15) is 9.59 Å². The van der Waals surface area contributed by atoms with E-state index in [0.29, 0.717) is 40.3 Å². The number of nitrogens with zero attached hydrogens (tertiary/aromatic N) is 1. The number of carbonyl (C=O) groups excluding carboxylic acids is 1. The van der Waals surface area contributed by atoms with E-state index in [1.54, 1.807) is 12.0 Å². The summed E-state index contributed by atoms with van der Waals surface area (Å²) < 4.78 is 17.8. The number of rotatable bonds is 9. The van der Waals surface area contributed by atoms with Crippen LogP contribution in [-0.4, -0.2) is 19.6 Å². The summed E-state index contributed by atoms with van der Waals surface area (Å²) in [6.45, 7) is 6.71. The Morgan fingerprint density at radius 1 is 0.895 bits per heavy atom. The highest BCUT2D eigenvalue weighted by molar-refractivity contribution is 6.10. The highest BCUT2D eigenvalue weighted by atomic mass is 16.5. The number of ether oxygens (including phenoxy) is 2.